The summed E-state index contributed by atoms with van der Waals surface area (Å²) in [5.74, 6) is 5.79. The van der Waals surface area contributed by atoms with E-state index in [4.69, 9.17) is 0 Å². The molecule has 1 aliphatic carbocycles. The van der Waals surface area contributed by atoms with Gasteiger partial charge in [-0.1, -0.05) is 131 Å². The zero-order valence-electron chi connectivity index (χ0n) is 24.1. The highest BCUT2D eigenvalue weighted by Gasteiger charge is 2.45. The van der Waals surface area contributed by atoms with Gasteiger partial charge in [0.2, 0.25) is 0 Å². The van der Waals surface area contributed by atoms with Crippen molar-refractivity contribution in [2.45, 2.75) is 67.7 Å². The summed E-state index contributed by atoms with van der Waals surface area (Å²) in [6.45, 7) is 26.7. The Bertz CT molecular complexity index is 1140. The summed E-state index contributed by atoms with van der Waals surface area (Å²) in [4.78, 5) is 0. The Morgan fingerprint density at radius 1 is 0.861 bits per heavy atom. The third-order valence-electron chi connectivity index (χ3n) is 5.77. The molecule has 0 nitrogen and oxygen atoms in total. The van der Waals surface area contributed by atoms with E-state index < -0.39 is 0 Å². The second kappa shape index (κ2) is 17.8. The van der Waals surface area contributed by atoms with Gasteiger partial charge in [0.1, 0.15) is 0 Å². The molecule has 2 aromatic carbocycles. The monoisotopic (exact) mass is 478 g/mol. The van der Waals surface area contributed by atoms with E-state index in [1.165, 1.54) is 27.8 Å². The van der Waals surface area contributed by atoms with Gasteiger partial charge >= 0.3 is 0 Å². The van der Waals surface area contributed by atoms with Crippen molar-refractivity contribution in [1.82, 2.24) is 0 Å². The highest BCUT2D eigenvalue weighted by atomic mass is 14.5. The smallest absolute Gasteiger partial charge is 0.0664 e. The summed E-state index contributed by atoms with van der Waals surface area (Å²) in [5.41, 5.74) is 8.16. The Labute approximate surface area is 222 Å². The third-order valence-corrected chi connectivity index (χ3v) is 5.77. The topological polar surface area (TPSA) is 0 Å². The molecule has 2 aromatic rings. The molecular weight excluding hydrogens is 432 g/mol. The molecule has 0 saturated carbocycles. The summed E-state index contributed by atoms with van der Waals surface area (Å²) < 4.78 is 0. The molecular formula is C36H46. The molecule has 190 valence electrons. The van der Waals surface area contributed by atoms with Crippen LogP contribution in [0.5, 0.6) is 0 Å². The van der Waals surface area contributed by atoms with E-state index in [0.29, 0.717) is 0 Å². The van der Waals surface area contributed by atoms with Crippen LogP contribution in [0.3, 0.4) is 0 Å². The van der Waals surface area contributed by atoms with E-state index in [0.717, 1.165) is 11.1 Å². The number of hydrogen-bond donors (Lipinski definition) is 0. The molecule has 0 amide bonds. The molecule has 0 fully saturated rings. The van der Waals surface area contributed by atoms with Gasteiger partial charge in [-0.2, -0.15) is 0 Å². The Balaban J connectivity index is 0.000000783. The van der Waals surface area contributed by atoms with E-state index in [2.05, 4.69) is 100 Å². The summed E-state index contributed by atoms with van der Waals surface area (Å²) in [7, 11) is 0. The van der Waals surface area contributed by atoms with Gasteiger partial charge in [-0.3, -0.25) is 0 Å². The zero-order valence-corrected chi connectivity index (χ0v) is 24.1. The van der Waals surface area contributed by atoms with E-state index in [9.17, 15) is 0 Å². The molecule has 0 bridgehead atoms. The predicted molar refractivity (Wildman–Crippen MR) is 165 cm³/mol. The van der Waals surface area contributed by atoms with Gasteiger partial charge in [0.15, 0.2) is 0 Å². The van der Waals surface area contributed by atoms with Crippen molar-refractivity contribution in [3.05, 3.63) is 138 Å². The largest absolute Gasteiger partial charge is 0.101 e. The Kier molecular flexibility index (Phi) is 16.1. The lowest BCUT2D eigenvalue weighted by molar-refractivity contribution is 0.739. The molecule has 0 heterocycles. The second-order valence-corrected chi connectivity index (χ2v) is 7.57. The minimum atomic E-state index is -0.312. The molecule has 3 rings (SSSR count). The van der Waals surface area contributed by atoms with Crippen molar-refractivity contribution in [3.8, 4) is 11.8 Å². The number of fused-ring (bicyclic) bond motifs is 1. The Morgan fingerprint density at radius 3 is 1.94 bits per heavy atom. The summed E-state index contributed by atoms with van der Waals surface area (Å²) in [6.07, 6.45) is 12.7. The lowest BCUT2D eigenvalue weighted by atomic mass is 9.66. The summed E-state index contributed by atoms with van der Waals surface area (Å²) in [6, 6.07) is 18.6. The van der Waals surface area contributed by atoms with Crippen LogP contribution in [0.25, 0.3) is 5.57 Å². The number of allylic oxidation sites excluding steroid dienone is 10. The van der Waals surface area contributed by atoms with Crippen LogP contribution < -0.4 is 0 Å². The van der Waals surface area contributed by atoms with Crippen LogP contribution in [0.15, 0.2) is 121 Å². The number of benzene rings is 2. The molecule has 1 atom stereocenters. The van der Waals surface area contributed by atoms with Gasteiger partial charge in [0, 0.05) is 5.56 Å². The van der Waals surface area contributed by atoms with Gasteiger partial charge < -0.3 is 0 Å². The van der Waals surface area contributed by atoms with Crippen molar-refractivity contribution in [1.29, 1.82) is 0 Å². The van der Waals surface area contributed by atoms with Crippen LogP contribution in [0.2, 0.25) is 0 Å². The fourth-order valence-corrected chi connectivity index (χ4v) is 4.37. The van der Waals surface area contributed by atoms with Crippen molar-refractivity contribution in [2.75, 3.05) is 0 Å². The maximum absolute atomic E-state index is 4.44. The summed E-state index contributed by atoms with van der Waals surface area (Å²) >= 11 is 0. The maximum Gasteiger partial charge on any atom is 0.0664 e. The third kappa shape index (κ3) is 7.22. The lowest BCUT2D eigenvalue weighted by Gasteiger charge is -2.35. The molecule has 0 N–H and O–H groups in total. The Hall–Kier alpha value is -3.56. The second-order valence-electron chi connectivity index (χ2n) is 7.57. The first kappa shape index (κ1) is 32.4. The highest BCUT2D eigenvalue weighted by Crippen LogP contribution is 2.55. The van der Waals surface area contributed by atoms with E-state index in [1.807, 2.05) is 78.0 Å². The molecule has 1 aliphatic rings. The van der Waals surface area contributed by atoms with Crippen molar-refractivity contribution in [3.63, 3.8) is 0 Å². The van der Waals surface area contributed by atoms with Crippen molar-refractivity contribution < 1.29 is 0 Å². The lowest BCUT2D eigenvalue weighted by Crippen LogP contribution is -2.29. The van der Waals surface area contributed by atoms with Gasteiger partial charge in [-0.25, -0.2) is 0 Å². The van der Waals surface area contributed by atoms with Crippen LogP contribution in [0.1, 0.15) is 79.0 Å². The highest BCUT2D eigenvalue weighted by molar-refractivity contribution is 5.91. The molecule has 1 unspecified atom stereocenters. The van der Waals surface area contributed by atoms with Gasteiger partial charge in [0.05, 0.1) is 5.41 Å². The van der Waals surface area contributed by atoms with Gasteiger partial charge in [-0.05, 0) is 74.6 Å². The molecule has 0 saturated heterocycles. The molecule has 0 radical (unpaired) electrons. The van der Waals surface area contributed by atoms with Crippen LogP contribution in [-0.4, -0.2) is 0 Å². The Morgan fingerprint density at radius 2 is 1.44 bits per heavy atom. The molecule has 36 heavy (non-hydrogen) atoms. The fourth-order valence-electron chi connectivity index (χ4n) is 4.37. The van der Waals surface area contributed by atoms with Crippen LogP contribution in [-0.2, 0) is 5.41 Å². The average molecular weight is 479 g/mol. The van der Waals surface area contributed by atoms with Crippen LogP contribution in [0.4, 0.5) is 0 Å². The van der Waals surface area contributed by atoms with Crippen molar-refractivity contribution >= 4 is 5.57 Å². The van der Waals surface area contributed by atoms with Crippen LogP contribution >= 0.6 is 0 Å². The first-order valence-electron chi connectivity index (χ1n) is 13.1. The standard InChI is InChI=1S/C23H26.C9H8.2C2H6/c1-7-13-18(6)23(17(5)9-3)21(14-8-2)19(10-4)20-15-11-12-16-22(20)23;1-2-6-9-7-4-3-5-8-9;2*1-2/h7-16H,4,6H2,1-3,5H3;3-5,7-8H,1H3;2*1-2H3/b13-7-,14-8-,17-9+;;;. The maximum atomic E-state index is 4.44. The minimum absolute atomic E-state index is 0.312. The molecule has 0 heteroatoms. The van der Waals surface area contributed by atoms with Crippen LogP contribution in [0, 0.1) is 11.8 Å². The zero-order chi connectivity index (χ0) is 27.6. The van der Waals surface area contributed by atoms with Gasteiger partial charge in [-0.15, -0.1) is 5.92 Å². The first-order valence-corrected chi connectivity index (χ1v) is 13.1. The predicted octanol–water partition coefficient (Wildman–Crippen LogP) is 10.7. The minimum Gasteiger partial charge on any atom is -0.101 e. The quantitative estimate of drug-likeness (QED) is 0.228. The van der Waals surface area contributed by atoms with Gasteiger partial charge in [0.25, 0.3) is 0 Å². The van der Waals surface area contributed by atoms with E-state index >= 15 is 0 Å². The number of hydrogen-bond acceptors (Lipinski definition) is 0. The van der Waals surface area contributed by atoms with E-state index in [-0.39, 0.29) is 5.41 Å². The normalized spacial score (nSPS) is 15.9. The summed E-state index contributed by atoms with van der Waals surface area (Å²) in [5, 5.41) is 0. The van der Waals surface area contributed by atoms with E-state index in [1.54, 1.807) is 0 Å². The number of rotatable bonds is 5. The molecule has 0 aromatic heterocycles. The molecule has 0 spiro atoms. The SMILES string of the molecule is C=CC1=C(/C=C\C)C(C(=C)/C=C\C)(/C(C)=C/C)c2ccccc21.CC.CC.CC#Cc1ccccc1. The first-order chi connectivity index (χ1) is 17.5. The average Bonchev–Trinajstić information content (AvgIpc) is 3.22. The molecule has 0 aliphatic heterocycles. The fraction of sp³-hybridized carbons (Fsp3) is 0.278. The van der Waals surface area contributed by atoms with Crippen molar-refractivity contribution in [2.24, 2.45) is 0 Å².